The maximum absolute atomic E-state index is 11.3. The Morgan fingerprint density at radius 1 is 1.36 bits per heavy atom. The maximum Gasteiger partial charge on any atom is 0.132 e. The first-order valence-corrected chi connectivity index (χ1v) is 5.35. The molecule has 0 aromatic rings. The van der Waals surface area contributed by atoms with Gasteiger partial charge in [0.05, 0.1) is 0 Å². The Bertz CT molecular complexity index is 191. The summed E-state index contributed by atoms with van der Waals surface area (Å²) in [4.78, 5) is 11.3. The zero-order valence-corrected chi connectivity index (χ0v) is 9.31. The molecule has 0 aliphatic carbocycles. The molecular weight excluding hydrogens is 174 g/mol. The highest BCUT2D eigenvalue weighted by molar-refractivity contribution is 5.78. The monoisotopic (exact) mass is 195 g/mol. The van der Waals surface area contributed by atoms with Crippen LogP contribution in [-0.2, 0) is 4.79 Å². The van der Waals surface area contributed by atoms with Crippen molar-refractivity contribution in [1.82, 2.24) is 5.32 Å². The van der Waals surface area contributed by atoms with Crippen molar-refractivity contribution in [1.29, 1.82) is 0 Å². The number of nitrogens with one attached hydrogen (secondary N) is 1. The molecule has 0 aromatic carbocycles. The van der Waals surface area contributed by atoms with E-state index in [-0.39, 0.29) is 0 Å². The van der Waals surface area contributed by atoms with Gasteiger partial charge in [0.15, 0.2) is 0 Å². The predicted molar refractivity (Wildman–Crippen MR) is 60.1 cm³/mol. The zero-order chi connectivity index (χ0) is 10.8. The van der Waals surface area contributed by atoms with Crippen LogP contribution in [0.25, 0.3) is 0 Å². The summed E-state index contributed by atoms with van der Waals surface area (Å²) in [6.45, 7) is 5.14. The van der Waals surface area contributed by atoms with Gasteiger partial charge >= 0.3 is 0 Å². The lowest BCUT2D eigenvalue weighted by Gasteiger charge is -2.06. The van der Waals surface area contributed by atoms with E-state index in [1.807, 2.05) is 0 Å². The van der Waals surface area contributed by atoms with Crippen LogP contribution >= 0.6 is 0 Å². The van der Waals surface area contributed by atoms with E-state index in [0.717, 1.165) is 25.8 Å². The molecule has 0 saturated heterocycles. The van der Waals surface area contributed by atoms with Crippen LogP contribution in [0.1, 0.15) is 46.0 Å². The van der Waals surface area contributed by atoms with Gasteiger partial charge in [0.1, 0.15) is 5.78 Å². The summed E-state index contributed by atoms with van der Waals surface area (Å²) in [5.41, 5.74) is 0. The van der Waals surface area contributed by atoms with E-state index in [2.05, 4.69) is 25.1 Å². The second-order valence-corrected chi connectivity index (χ2v) is 3.81. The van der Waals surface area contributed by atoms with Crippen LogP contribution in [0.3, 0.4) is 0 Å². The van der Waals surface area contributed by atoms with Crippen LogP contribution in [0.4, 0.5) is 0 Å². The number of carbonyl (C=O) groups is 1. The number of ketones is 1. The smallest absolute Gasteiger partial charge is 0.132 e. The van der Waals surface area contributed by atoms with Gasteiger partial charge in [-0.3, -0.25) is 4.79 Å². The fourth-order valence-electron chi connectivity index (χ4n) is 1.19. The molecule has 0 saturated carbocycles. The first-order valence-electron chi connectivity index (χ1n) is 5.35. The molecule has 0 unspecified atom stereocenters. The average Bonchev–Trinajstić information content (AvgIpc) is 2.13. The summed E-state index contributed by atoms with van der Waals surface area (Å²) >= 11 is 0. The van der Waals surface area contributed by atoms with Gasteiger partial charge in [-0.05, 0) is 19.4 Å². The average molecular weight is 195 g/mol. The Morgan fingerprint density at radius 2 is 2.00 bits per heavy atom. The molecule has 2 nitrogen and oxygen atoms in total. The fraction of sp³-hybridized carbons (Fsp3) is 0.750. The number of rotatable bonds is 8. The van der Waals surface area contributed by atoms with E-state index in [4.69, 9.17) is 6.42 Å². The lowest BCUT2D eigenvalue weighted by molar-refractivity contribution is -0.119. The third-order valence-electron chi connectivity index (χ3n) is 1.96. The van der Waals surface area contributed by atoms with Crippen LogP contribution < -0.4 is 5.32 Å². The Labute approximate surface area is 87.5 Å². The molecule has 0 heterocycles. The molecule has 80 valence electrons. The lowest BCUT2D eigenvalue weighted by atomic mass is 10.1. The molecule has 0 rings (SSSR count). The van der Waals surface area contributed by atoms with Crippen molar-refractivity contribution in [3.63, 3.8) is 0 Å². The molecule has 0 amide bonds. The Kier molecular flexibility index (Phi) is 8.27. The standard InChI is InChI=1S/C12H21NO/c1-4-5-6-8-12(14)9-7-10-13-11(2)3/h1,11,13H,5-10H2,2-3H3. The van der Waals surface area contributed by atoms with Crippen molar-refractivity contribution in [3.8, 4) is 12.3 Å². The highest BCUT2D eigenvalue weighted by Crippen LogP contribution is 2.00. The number of unbranched alkanes of at least 4 members (excludes halogenated alkanes) is 1. The summed E-state index contributed by atoms with van der Waals surface area (Å²) < 4.78 is 0. The van der Waals surface area contributed by atoms with Crippen molar-refractivity contribution < 1.29 is 4.79 Å². The van der Waals surface area contributed by atoms with Crippen molar-refractivity contribution >= 4 is 5.78 Å². The van der Waals surface area contributed by atoms with Gasteiger partial charge in [-0.2, -0.15) is 0 Å². The van der Waals surface area contributed by atoms with Crippen LogP contribution in [-0.4, -0.2) is 18.4 Å². The molecule has 2 heteroatoms. The first-order chi connectivity index (χ1) is 6.66. The van der Waals surface area contributed by atoms with Crippen molar-refractivity contribution in [2.24, 2.45) is 0 Å². The molecule has 0 aliphatic heterocycles. The Morgan fingerprint density at radius 3 is 2.57 bits per heavy atom. The van der Waals surface area contributed by atoms with Gasteiger partial charge in [-0.15, -0.1) is 12.3 Å². The van der Waals surface area contributed by atoms with Gasteiger partial charge < -0.3 is 5.32 Å². The SMILES string of the molecule is C#CCCCC(=O)CCCNC(C)C. The largest absolute Gasteiger partial charge is 0.315 e. The van der Waals surface area contributed by atoms with Gasteiger partial charge in [0.25, 0.3) is 0 Å². The van der Waals surface area contributed by atoms with Crippen molar-refractivity contribution in [3.05, 3.63) is 0 Å². The quantitative estimate of drug-likeness (QED) is 0.475. The van der Waals surface area contributed by atoms with Crippen LogP contribution in [0, 0.1) is 12.3 Å². The fourth-order valence-corrected chi connectivity index (χ4v) is 1.19. The van der Waals surface area contributed by atoms with Gasteiger partial charge in [-0.25, -0.2) is 0 Å². The molecule has 0 fully saturated rings. The van der Waals surface area contributed by atoms with Crippen molar-refractivity contribution in [2.45, 2.75) is 52.0 Å². The minimum Gasteiger partial charge on any atom is -0.315 e. The molecule has 0 aromatic heterocycles. The minimum absolute atomic E-state index is 0.339. The molecule has 1 N–H and O–H groups in total. The van der Waals surface area contributed by atoms with E-state index in [0.29, 0.717) is 24.7 Å². The van der Waals surface area contributed by atoms with Gasteiger partial charge in [-0.1, -0.05) is 13.8 Å². The normalized spacial score (nSPS) is 10.1. The van der Waals surface area contributed by atoms with Crippen LogP contribution in [0.5, 0.6) is 0 Å². The highest BCUT2D eigenvalue weighted by Gasteiger charge is 2.01. The molecular formula is C12H21NO. The van der Waals surface area contributed by atoms with Gasteiger partial charge in [0.2, 0.25) is 0 Å². The number of Topliss-reactive ketones (excluding diaryl/α,β-unsaturated/α-hetero) is 1. The molecule has 0 aliphatic rings. The number of hydrogen-bond acceptors (Lipinski definition) is 2. The minimum atomic E-state index is 0.339. The van der Waals surface area contributed by atoms with E-state index >= 15 is 0 Å². The zero-order valence-electron chi connectivity index (χ0n) is 9.31. The molecule has 0 radical (unpaired) electrons. The maximum atomic E-state index is 11.3. The first kappa shape index (κ1) is 13.2. The number of hydrogen-bond donors (Lipinski definition) is 1. The Balaban J connectivity index is 3.23. The van der Waals surface area contributed by atoms with E-state index in [9.17, 15) is 4.79 Å². The van der Waals surface area contributed by atoms with Gasteiger partial charge in [0, 0.05) is 25.3 Å². The van der Waals surface area contributed by atoms with Crippen LogP contribution in [0.2, 0.25) is 0 Å². The van der Waals surface area contributed by atoms with Crippen molar-refractivity contribution in [2.75, 3.05) is 6.54 Å². The Hall–Kier alpha value is -0.810. The topological polar surface area (TPSA) is 29.1 Å². The molecule has 14 heavy (non-hydrogen) atoms. The predicted octanol–water partition coefficient (Wildman–Crippen LogP) is 2.14. The molecule has 0 bridgehead atoms. The second-order valence-electron chi connectivity index (χ2n) is 3.81. The summed E-state index contributed by atoms with van der Waals surface area (Å²) in [5, 5.41) is 3.28. The lowest BCUT2D eigenvalue weighted by Crippen LogP contribution is -2.24. The summed E-state index contributed by atoms with van der Waals surface area (Å²) in [5.74, 6) is 2.88. The molecule has 0 spiro atoms. The van der Waals surface area contributed by atoms with Crippen LogP contribution in [0.15, 0.2) is 0 Å². The summed E-state index contributed by atoms with van der Waals surface area (Å²) in [6, 6.07) is 0.506. The highest BCUT2D eigenvalue weighted by atomic mass is 16.1. The van der Waals surface area contributed by atoms with E-state index in [1.54, 1.807) is 0 Å². The third-order valence-corrected chi connectivity index (χ3v) is 1.96. The third kappa shape index (κ3) is 9.28. The van der Waals surface area contributed by atoms with E-state index in [1.165, 1.54) is 0 Å². The second kappa shape index (κ2) is 8.77. The summed E-state index contributed by atoms with van der Waals surface area (Å²) in [7, 11) is 0. The van der Waals surface area contributed by atoms with E-state index < -0.39 is 0 Å². The number of terminal acetylenes is 1. The number of carbonyl (C=O) groups excluding carboxylic acids is 1. The molecule has 0 atom stereocenters. The summed E-state index contributed by atoms with van der Waals surface area (Å²) in [6.07, 6.45) is 8.92.